The number of nitrogens with one attached hydrogen (secondary N) is 1. The molecule has 0 aliphatic rings. The zero-order valence-electron chi connectivity index (χ0n) is 9.58. The van der Waals surface area contributed by atoms with E-state index in [1.807, 2.05) is 0 Å². The first-order valence-corrected chi connectivity index (χ1v) is 5.77. The summed E-state index contributed by atoms with van der Waals surface area (Å²) in [6.07, 6.45) is -4.83. The molecule has 0 radical (unpaired) electrons. The third-order valence-electron chi connectivity index (χ3n) is 1.89. The van der Waals surface area contributed by atoms with Crippen molar-refractivity contribution in [3.05, 3.63) is 0 Å². The van der Waals surface area contributed by atoms with Gasteiger partial charge in [-0.3, -0.25) is 14.4 Å². The maximum Gasteiger partial charge on any atom is 0.401 e. The number of hydrogen-bond acceptors (Lipinski definition) is 4. The van der Waals surface area contributed by atoms with E-state index >= 15 is 0 Å². The van der Waals surface area contributed by atoms with E-state index in [4.69, 9.17) is 5.11 Å². The van der Waals surface area contributed by atoms with Crippen LogP contribution < -0.4 is 5.32 Å². The molecule has 104 valence electrons. The summed E-state index contributed by atoms with van der Waals surface area (Å²) in [5.74, 6) is -6.07. The molecule has 0 aliphatic carbocycles. The van der Waals surface area contributed by atoms with E-state index in [0.717, 1.165) is 13.8 Å². The molecule has 0 bridgehead atoms. The van der Waals surface area contributed by atoms with Crippen molar-refractivity contribution in [2.45, 2.75) is 26.1 Å². The van der Waals surface area contributed by atoms with Gasteiger partial charge in [-0.05, 0) is 6.92 Å². The molecular formula is C9H12F3NO4S. The summed E-state index contributed by atoms with van der Waals surface area (Å²) < 4.78 is 37.6. The van der Waals surface area contributed by atoms with Crippen LogP contribution in [0.15, 0.2) is 0 Å². The Morgan fingerprint density at radius 3 is 2.17 bits per heavy atom. The molecule has 0 aromatic rings. The van der Waals surface area contributed by atoms with Crippen LogP contribution in [0.5, 0.6) is 0 Å². The molecule has 0 aromatic heterocycles. The molecular weight excluding hydrogens is 275 g/mol. The SMILES string of the molecule is CC(=O)SCC(C(=O)NC(C)C(=O)O)C(F)(F)F. The second-order valence-corrected chi connectivity index (χ2v) is 4.66. The summed E-state index contributed by atoms with van der Waals surface area (Å²) in [7, 11) is 0. The lowest BCUT2D eigenvalue weighted by Crippen LogP contribution is -2.46. The van der Waals surface area contributed by atoms with Crippen molar-refractivity contribution in [3.63, 3.8) is 0 Å². The number of carbonyl (C=O) groups is 3. The Bertz CT molecular complexity index is 345. The third kappa shape index (κ3) is 5.89. The number of carboxylic acid groups (broad SMARTS) is 1. The van der Waals surface area contributed by atoms with Gasteiger partial charge in [0.15, 0.2) is 5.12 Å². The Hall–Kier alpha value is -1.25. The first kappa shape index (κ1) is 16.8. The summed E-state index contributed by atoms with van der Waals surface area (Å²) in [6, 6.07) is -1.43. The van der Waals surface area contributed by atoms with Crippen molar-refractivity contribution in [1.29, 1.82) is 0 Å². The zero-order chi connectivity index (χ0) is 14.5. The van der Waals surface area contributed by atoms with Crippen LogP contribution >= 0.6 is 11.8 Å². The summed E-state index contributed by atoms with van der Waals surface area (Å²) in [5.41, 5.74) is 0. The number of carboxylic acids is 1. The topological polar surface area (TPSA) is 83.5 Å². The van der Waals surface area contributed by atoms with Gasteiger partial charge < -0.3 is 10.4 Å². The average Bonchev–Trinajstić information content (AvgIpc) is 2.14. The highest BCUT2D eigenvalue weighted by atomic mass is 32.2. The minimum absolute atomic E-state index is 0.363. The number of rotatable bonds is 5. The summed E-state index contributed by atoms with van der Waals surface area (Å²) in [4.78, 5) is 32.3. The number of thioether (sulfide) groups is 1. The van der Waals surface area contributed by atoms with E-state index in [9.17, 15) is 27.6 Å². The normalized spacial score (nSPS) is 14.7. The minimum Gasteiger partial charge on any atom is -0.480 e. The van der Waals surface area contributed by atoms with Gasteiger partial charge in [-0.25, -0.2) is 0 Å². The Kier molecular flexibility index (Phi) is 6.16. The van der Waals surface area contributed by atoms with E-state index in [-0.39, 0.29) is 0 Å². The van der Waals surface area contributed by atoms with Gasteiger partial charge in [0, 0.05) is 12.7 Å². The molecule has 2 unspecified atom stereocenters. The molecule has 0 heterocycles. The lowest BCUT2D eigenvalue weighted by atomic mass is 10.1. The fourth-order valence-electron chi connectivity index (χ4n) is 0.895. The fourth-order valence-corrected chi connectivity index (χ4v) is 1.64. The molecule has 0 rings (SSSR count). The molecule has 0 spiro atoms. The molecule has 0 saturated heterocycles. The summed E-state index contributed by atoms with van der Waals surface area (Å²) in [6.45, 7) is 2.13. The Labute approximate surface area is 105 Å². The predicted molar refractivity (Wildman–Crippen MR) is 57.9 cm³/mol. The molecule has 9 heteroatoms. The molecule has 0 aromatic carbocycles. The quantitative estimate of drug-likeness (QED) is 0.789. The van der Waals surface area contributed by atoms with Gasteiger partial charge in [0.1, 0.15) is 12.0 Å². The van der Waals surface area contributed by atoms with Crippen LogP contribution in [0.2, 0.25) is 0 Å². The largest absolute Gasteiger partial charge is 0.480 e. The highest BCUT2D eigenvalue weighted by molar-refractivity contribution is 8.13. The standard InChI is InChI=1S/C9H12F3NO4S/c1-4(8(16)17)13-7(15)6(9(10,11)12)3-18-5(2)14/h4,6H,3H2,1-2H3,(H,13,15)(H,16,17). The van der Waals surface area contributed by atoms with Crippen molar-refractivity contribution in [2.24, 2.45) is 5.92 Å². The number of aliphatic carboxylic acids is 1. The first-order chi connectivity index (χ1) is 8.05. The van der Waals surface area contributed by atoms with Gasteiger partial charge in [-0.2, -0.15) is 13.2 Å². The third-order valence-corrected chi connectivity index (χ3v) is 2.80. The van der Waals surface area contributed by atoms with Crippen LogP contribution in [0.4, 0.5) is 13.2 Å². The van der Waals surface area contributed by atoms with Crippen LogP contribution in [0.3, 0.4) is 0 Å². The highest BCUT2D eigenvalue weighted by Crippen LogP contribution is 2.29. The molecule has 18 heavy (non-hydrogen) atoms. The zero-order valence-corrected chi connectivity index (χ0v) is 10.4. The van der Waals surface area contributed by atoms with Crippen LogP contribution in [0.1, 0.15) is 13.8 Å². The number of alkyl halides is 3. The Morgan fingerprint density at radius 1 is 1.33 bits per heavy atom. The number of carbonyl (C=O) groups excluding carboxylic acids is 2. The number of amides is 1. The second kappa shape index (κ2) is 6.62. The predicted octanol–water partition coefficient (Wildman–Crippen LogP) is 1.03. The van der Waals surface area contributed by atoms with E-state index in [0.29, 0.717) is 11.8 Å². The fraction of sp³-hybridized carbons (Fsp3) is 0.667. The first-order valence-electron chi connectivity index (χ1n) is 4.79. The Morgan fingerprint density at radius 2 is 1.83 bits per heavy atom. The minimum atomic E-state index is -4.83. The van der Waals surface area contributed by atoms with Gasteiger partial charge in [0.25, 0.3) is 0 Å². The van der Waals surface area contributed by atoms with Crippen molar-refractivity contribution < 1.29 is 32.7 Å². The van der Waals surface area contributed by atoms with E-state index in [1.165, 1.54) is 0 Å². The summed E-state index contributed by atoms with van der Waals surface area (Å²) in [5, 5.41) is 9.65. The van der Waals surface area contributed by atoms with E-state index in [1.54, 1.807) is 5.32 Å². The second-order valence-electron chi connectivity index (χ2n) is 3.47. The van der Waals surface area contributed by atoms with Gasteiger partial charge >= 0.3 is 12.1 Å². The molecule has 2 atom stereocenters. The molecule has 0 aliphatic heterocycles. The molecule has 0 saturated carbocycles. The average molecular weight is 287 g/mol. The lowest BCUT2D eigenvalue weighted by molar-refractivity contribution is -0.178. The van der Waals surface area contributed by atoms with Gasteiger partial charge in [0.2, 0.25) is 5.91 Å². The molecule has 5 nitrogen and oxygen atoms in total. The van der Waals surface area contributed by atoms with Gasteiger partial charge in [0.05, 0.1) is 0 Å². The van der Waals surface area contributed by atoms with Crippen LogP contribution in [-0.4, -0.2) is 40.1 Å². The van der Waals surface area contributed by atoms with Crippen LogP contribution in [-0.2, 0) is 14.4 Å². The van der Waals surface area contributed by atoms with E-state index in [2.05, 4.69) is 0 Å². The van der Waals surface area contributed by atoms with Gasteiger partial charge in [-0.15, -0.1) is 0 Å². The van der Waals surface area contributed by atoms with Crippen LogP contribution in [0, 0.1) is 5.92 Å². The monoisotopic (exact) mass is 287 g/mol. The van der Waals surface area contributed by atoms with Crippen molar-refractivity contribution in [1.82, 2.24) is 5.32 Å². The smallest absolute Gasteiger partial charge is 0.401 e. The maximum atomic E-state index is 12.5. The molecule has 1 amide bonds. The van der Waals surface area contributed by atoms with Gasteiger partial charge in [-0.1, -0.05) is 11.8 Å². The lowest BCUT2D eigenvalue weighted by Gasteiger charge is -2.20. The van der Waals surface area contributed by atoms with Crippen LogP contribution in [0.25, 0.3) is 0 Å². The highest BCUT2D eigenvalue weighted by Gasteiger charge is 2.45. The van der Waals surface area contributed by atoms with Crippen molar-refractivity contribution in [2.75, 3.05) is 5.75 Å². The van der Waals surface area contributed by atoms with Crippen molar-refractivity contribution in [3.8, 4) is 0 Å². The maximum absolute atomic E-state index is 12.5. The number of hydrogen-bond donors (Lipinski definition) is 2. The van der Waals surface area contributed by atoms with Crippen molar-refractivity contribution >= 4 is 28.8 Å². The molecule has 0 fully saturated rings. The Balaban J connectivity index is 4.71. The summed E-state index contributed by atoms with van der Waals surface area (Å²) >= 11 is 0.363. The number of halogens is 3. The van der Waals surface area contributed by atoms with E-state index < -0.39 is 40.9 Å². The molecule has 2 N–H and O–H groups in total.